The third-order valence-electron chi connectivity index (χ3n) is 16.1. The number of nitriles is 3. The van der Waals surface area contributed by atoms with Crippen molar-refractivity contribution in [3.63, 3.8) is 0 Å². The van der Waals surface area contributed by atoms with Crippen LogP contribution in [0.15, 0.2) is 60.9 Å². The highest BCUT2D eigenvalue weighted by molar-refractivity contribution is 7.92. The molecule has 0 spiro atoms. The van der Waals surface area contributed by atoms with E-state index in [2.05, 4.69) is 21.6 Å². The first-order chi connectivity index (χ1) is 42.9. The fourth-order valence-electron chi connectivity index (χ4n) is 11.8. The number of carbonyl (C=O) groups excluding carboxylic acids is 3. The molecule has 5 N–H and O–H groups in total. The summed E-state index contributed by atoms with van der Waals surface area (Å²) in [5.74, 6) is -0.734. The molecule has 0 radical (unpaired) electrons. The summed E-state index contributed by atoms with van der Waals surface area (Å²) in [6, 6.07) is 18.3. The van der Waals surface area contributed by atoms with Gasteiger partial charge in [0.2, 0.25) is 20.0 Å². The molecule has 484 valence electrons. The Morgan fingerprint density at radius 2 is 1.00 bits per heavy atom. The Hall–Kier alpha value is -8.08. The molecule has 0 saturated carbocycles. The summed E-state index contributed by atoms with van der Waals surface area (Å²) in [5.41, 5.74) is 4.40. The highest BCUT2D eigenvalue weighted by Crippen LogP contribution is 2.38. The quantitative estimate of drug-likeness (QED) is 0.101. The van der Waals surface area contributed by atoms with Gasteiger partial charge < -0.3 is 44.6 Å². The van der Waals surface area contributed by atoms with Crippen molar-refractivity contribution in [1.82, 2.24) is 43.9 Å². The van der Waals surface area contributed by atoms with E-state index in [0.717, 1.165) is 49.3 Å². The van der Waals surface area contributed by atoms with E-state index in [9.17, 15) is 57.1 Å². The molecule has 0 unspecified atom stereocenters. The summed E-state index contributed by atoms with van der Waals surface area (Å²) in [6.07, 6.45) is 7.90. The predicted octanol–water partition coefficient (Wildman–Crippen LogP) is 6.24. The van der Waals surface area contributed by atoms with Crippen LogP contribution < -0.4 is 19.2 Å². The number of halogens is 2. The number of sulfonamides is 2. The van der Waals surface area contributed by atoms with Crippen LogP contribution in [0.2, 0.25) is 10.0 Å². The smallest absolute Gasteiger partial charge is 0.410 e. The fraction of sp³-hybridized carbons (Fsp3) is 0.500. The molecule has 27 nitrogen and oxygen atoms in total. The number of aliphatic hydroxyl groups is 3. The second-order valence-electron chi connectivity index (χ2n) is 24.5. The largest absolute Gasteiger partial charge is 0.444 e. The van der Waals surface area contributed by atoms with Gasteiger partial charge >= 0.3 is 6.09 Å². The third kappa shape index (κ3) is 16.0. The molecule has 6 aromatic rings. The number of aromatic nitrogens is 6. The van der Waals surface area contributed by atoms with Gasteiger partial charge in [0.15, 0.2) is 11.3 Å². The normalized spacial score (nSPS) is 22.7. The molecular formula is C60H72Cl2N16O11S2. The number of carbonyl (C=O) groups is 3. The summed E-state index contributed by atoms with van der Waals surface area (Å²) in [4.78, 5) is 57.2. The Kier molecular flexibility index (Phi) is 20.3. The maximum Gasteiger partial charge on any atom is 0.410 e. The number of β-amino-alcohol motifs (C(OH)–C–C–N with tert-alkyl or cyclic N) is 3. The molecule has 5 saturated heterocycles. The molecule has 5 aliphatic rings. The molecule has 5 aliphatic heterocycles. The predicted molar refractivity (Wildman–Crippen MR) is 338 cm³/mol. The topological polar surface area (TPSA) is 361 Å². The van der Waals surface area contributed by atoms with E-state index >= 15 is 0 Å². The summed E-state index contributed by atoms with van der Waals surface area (Å²) in [5, 5.41) is 67.2. The van der Waals surface area contributed by atoms with Crippen molar-refractivity contribution in [3.05, 3.63) is 105 Å². The highest BCUT2D eigenvalue weighted by Gasteiger charge is 2.39. The zero-order chi connectivity index (χ0) is 66.0. The molecule has 3 amide bonds. The number of likely N-dealkylation sites (tertiary alicyclic amines) is 3. The lowest BCUT2D eigenvalue weighted by atomic mass is 9.98. The van der Waals surface area contributed by atoms with E-state index in [4.69, 9.17) is 53.4 Å². The number of amides is 3. The molecule has 8 atom stereocenters. The molecule has 31 heteroatoms. The molecule has 4 aromatic heterocycles. The number of benzene rings is 2. The molecule has 0 bridgehead atoms. The van der Waals surface area contributed by atoms with Crippen LogP contribution in [0.1, 0.15) is 115 Å². The van der Waals surface area contributed by atoms with Crippen LogP contribution in [0.4, 0.5) is 27.8 Å². The van der Waals surface area contributed by atoms with Crippen molar-refractivity contribution >= 4 is 95.5 Å². The lowest BCUT2D eigenvalue weighted by molar-refractivity contribution is 0.0269. The first-order valence-corrected chi connectivity index (χ1v) is 34.1. The Balaban J connectivity index is 0.000000176. The second-order valence-corrected chi connectivity index (χ2v) is 28.9. The molecular weight excluding hydrogens is 1260 g/mol. The van der Waals surface area contributed by atoms with Crippen molar-refractivity contribution in [2.45, 2.75) is 109 Å². The van der Waals surface area contributed by atoms with Crippen LogP contribution in [-0.4, -0.2) is 183 Å². The summed E-state index contributed by atoms with van der Waals surface area (Å²) in [7, 11) is -7.22. The van der Waals surface area contributed by atoms with Gasteiger partial charge in [0.1, 0.15) is 17.2 Å². The van der Waals surface area contributed by atoms with Crippen molar-refractivity contribution in [2.75, 3.05) is 84.1 Å². The van der Waals surface area contributed by atoms with Gasteiger partial charge in [-0.25, -0.2) is 40.6 Å². The lowest BCUT2D eigenvalue weighted by Crippen LogP contribution is -2.39. The van der Waals surface area contributed by atoms with Crippen LogP contribution in [0.3, 0.4) is 0 Å². The monoisotopic (exact) mass is 1330 g/mol. The number of aryl methyl sites for hydroxylation is 2. The van der Waals surface area contributed by atoms with Crippen LogP contribution >= 0.6 is 23.2 Å². The average Bonchev–Trinajstić information content (AvgIpc) is 2.00. The number of fused-ring (bicyclic) bond motifs is 2. The van der Waals surface area contributed by atoms with Gasteiger partial charge in [-0.1, -0.05) is 23.2 Å². The third-order valence-corrected chi connectivity index (χ3v) is 17.7. The number of piperidine rings is 2. The molecule has 2 aromatic carbocycles. The second kappa shape index (κ2) is 27.4. The summed E-state index contributed by atoms with van der Waals surface area (Å²) in [6.45, 7) is 12.0. The van der Waals surface area contributed by atoms with Crippen molar-refractivity contribution in [1.29, 1.82) is 15.8 Å². The molecule has 11 rings (SSSR count). The van der Waals surface area contributed by atoms with Gasteiger partial charge in [0.05, 0.1) is 119 Å². The standard InChI is InChI=1S/2C25H28ClN7O4S.C10H16N2O3/c2*1-15-12-33-23(28-24(15)31-13-16(11-27)22(34)14-31)10-20(29-33)21-5-3-4-8-32(21)25(35)18-9-17(26)6-7-19(18)30-38(2,36)37;1-10(2,3)15-9(14)12-5-7(4-11)8(13)6-12/h2*6-7,9-10,12,16,21-22,30,34H,3-5,8,13-14H2,1-2H3;7-8,13H,5-6H2,1-3H3/t16-,21+,22-;16-,21-,22-;7-,8-/m100/s1. The first-order valence-electron chi connectivity index (χ1n) is 29.5. The van der Waals surface area contributed by atoms with Gasteiger partial charge in [0, 0.05) is 91.5 Å². The SMILES string of the molecule is CC(C)(C)OC(=O)N1C[C@H](O)[C@@H](C#N)C1.Cc1cn2nc([C@@H]3CCCCN3C(=O)c3cc(Cl)ccc3NS(C)(=O)=O)cc2nc1N1C[C@@H](O)[C@H](C#N)C1.Cc1cn2nc([C@@H]3CCCCN3C(=O)c3cc(Cl)ccc3NS(C)(=O)=O)cc2nc1N1C[C@H](O)[C@@H](C#N)C1. The summed E-state index contributed by atoms with van der Waals surface area (Å²) < 4.78 is 60.9. The zero-order valence-electron chi connectivity index (χ0n) is 51.2. The highest BCUT2D eigenvalue weighted by atomic mass is 35.5. The Bertz CT molecular complexity index is 3890. The number of hydrogen-bond acceptors (Lipinski definition) is 20. The first kappa shape index (κ1) is 67.3. The van der Waals surface area contributed by atoms with E-state index in [-0.39, 0.29) is 59.5 Å². The van der Waals surface area contributed by atoms with Crippen molar-refractivity contribution < 1.29 is 51.3 Å². The summed E-state index contributed by atoms with van der Waals surface area (Å²) >= 11 is 12.4. The van der Waals surface area contributed by atoms with E-state index < -0.39 is 67.8 Å². The van der Waals surface area contributed by atoms with Gasteiger partial charge in [0.25, 0.3) is 11.8 Å². The number of hydrogen-bond donors (Lipinski definition) is 5. The van der Waals surface area contributed by atoms with Gasteiger partial charge in [-0.3, -0.25) is 19.0 Å². The van der Waals surface area contributed by atoms with E-state index in [1.54, 1.807) is 39.6 Å². The maximum atomic E-state index is 13.8. The molecule has 0 aliphatic carbocycles. The fourth-order valence-corrected chi connectivity index (χ4v) is 13.3. The number of anilines is 4. The number of aliphatic hydroxyl groups excluding tert-OH is 3. The zero-order valence-corrected chi connectivity index (χ0v) is 54.4. The minimum absolute atomic E-state index is 0.173. The molecule has 91 heavy (non-hydrogen) atoms. The van der Waals surface area contributed by atoms with Gasteiger partial charge in [-0.05, 0) is 110 Å². The van der Waals surface area contributed by atoms with Crippen molar-refractivity contribution in [3.8, 4) is 18.2 Å². The Morgan fingerprint density at radius 1 is 0.604 bits per heavy atom. The van der Waals surface area contributed by atoms with Crippen molar-refractivity contribution in [2.24, 2.45) is 17.8 Å². The van der Waals surface area contributed by atoms with Gasteiger partial charge in [-0.15, -0.1) is 0 Å². The molecule has 9 heterocycles. The number of nitrogens with one attached hydrogen (secondary N) is 2. The number of ether oxygens (including phenoxy) is 1. The Morgan fingerprint density at radius 3 is 1.36 bits per heavy atom. The van der Waals surface area contributed by atoms with Crippen LogP contribution in [-0.2, 0) is 24.8 Å². The Labute approximate surface area is 537 Å². The maximum absolute atomic E-state index is 13.8. The average molecular weight is 1330 g/mol. The number of rotatable bonds is 10. The van der Waals surface area contributed by atoms with Crippen LogP contribution in [0.5, 0.6) is 0 Å². The van der Waals surface area contributed by atoms with E-state index in [1.165, 1.54) is 41.3 Å². The number of nitrogens with zero attached hydrogens (tertiary/aromatic N) is 14. The molecule has 5 fully saturated rings. The minimum Gasteiger partial charge on any atom is -0.444 e. The van der Waals surface area contributed by atoms with Crippen LogP contribution in [0, 0.1) is 65.6 Å². The van der Waals surface area contributed by atoms with E-state index in [1.807, 2.05) is 54.2 Å². The van der Waals surface area contributed by atoms with Crippen LogP contribution in [0.25, 0.3) is 11.3 Å². The van der Waals surface area contributed by atoms with E-state index in [0.29, 0.717) is 96.5 Å². The van der Waals surface area contributed by atoms with Gasteiger partial charge in [-0.2, -0.15) is 26.0 Å². The minimum atomic E-state index is -3.61. The lowest BCUT2D eigenvalue weighted by Gasteiger charge is -2.35.